The molecule has 1 aliphatic heterocycles. The molecule has 1 aromatic carbocycles. The molecule has 0 spiro atoms. The highest BCUT2D eigenvalue weighted by Crippen LogP contribution is 2.37. The molecule has 0 saturated carbocycles. The number of fused-ring (bicyclic) bond motifs is 1. The molecule has 0 unspecified atom stereocenters. The number of aliphatic carboxylic acids is 1. The van der Waals surface area contributed by atoms with Gasteiger partial charge in [-0.05, 0) is 24.6 Å². The van der Waals surface area contributed by atoms with Crippen LogP contribution in [0.4, 0.5) is 0 Å². The number of carbonyl (C=O) groups is 1. The largest absolute Gasteiger partial charge is 0.480 e. The van der Waals surface area contributed by atoms with E-state index >= 15 is 0 Å². The van der Waals surface area contributed by atoms with Crippen molar-refractivity contribution in [1.82, 2.24) is 4.57 Å². The Morgan fingerprint density at radius 2 is 2.14 bits per heavy atom. The highest BCUT2D eigenvalue weighted by atomic mass is 32.1. The second-order valence-corrected chi connectivity index (χ2v) is 5.59. The molecule has 2 heterocycles. The van der Waals surface area contributed by atoms with Gasteiger partial charge >= 0.3 is 10.8 Å². The van der Waals surface area contributed by atoms with Crippen molar-refractivity contribution in [3.63, 3.8) is 0 Å². The summed E-state index contributed by atoms with van der Waals surface area (Å²) in [6.45, 7) is 1.76. The monoisotopic (exact) mass is 307 g/mol. The third-order valence-electron chi connectivity index (χ3n) is 3.23. The van der Waals surface area contributed by atoms with Crippen molar-refractivity contribution < 1.29 is 19.4 Å². The van der Waals surface area contributed by atoms with Gasteiger partial charge in [-0.25, -0.2) is 0 Å². The number of hydrogen-bond donors (Lipinski definition) is 1. The third kappa shape index (κ3) is 2.40. The van der Waals surface area contributed by atoms with Crippen LogP contribution in [-0.4, -0.2) is 22.4 Å². The average molecular weight is 307 g/mol. The topological polar surface area (TPSA) is 77.8 Å². The molecule has 0 bridgehead atoms. The Hall–Kier alpha value is -2.28. The zero-order chi connectivity index (χ0) is 15.0. The Balaban J connectivity index is 2.16. The molecular formula is C14H13NO5S. The third-order valence-corrected chi connectivity index (χ3v) is 4.35. The van der Waals surface area contributed by atoms with E-state index in [2.05, 4.69) is 0 Å². The Labute approximate surface area is 124 Å². The fraction of sp³-hybridized carbons (Fsp3) is 0.286. The second kappa shape index (κ2) is 5.25. The van der Waals surface area contributed by atoms with E-state index in [1.165, 1.54) is 4.57 Å². The molecule has 2 aromatic rings. The van der Waals surface area contributed by atoms with Gasteiger partial charge in [-0.15, -0.1) is 0 Å². The summed E-state index contributed by atoms with van der Waals surface area (Å²) in [6.07, 6.45) is 0.663. The first-order chi connectivity index (χ1) is 10.1. The maximum atomic E-state index is 12.0. The van der Waals surface area contributed by atoms with Crippen LogP contribution in [0.2, 0.25) is 0 Å². The first-order valence-corrected chi connectivity index (χ1v) is 7.26. The smallest absolute Gasteiger partial charge is 0.323 e. The van der Waals surface area contributed by atoms with Crippen LogP contribution in [0.3, 0.4) is 0 Å². The fourth-order valence-electron chi connectivity index (χ4n) is 2.33. The number of aromatic nitrogens is 1. The number of aryl methyl sites for hydroxylation is 1. The van der Waals surface area contributed by atoms with Crippen LogP contribution < -0.4 is 14.3 Å². The summed E-state index contributed by atoms with van der Waals surface area (Å²) >= 11 is 1.08. The fourth-order valence-corrected chi connectivity index (χ4v) is 3.28. The van der Waals surface area contributed by atoms with Gasteiger partial charge in [0.05, 0.1) is 5.69 Å². The first kappa shape index (κ1) is 13.7. The summed E-state index contributed by atoms with van der Waals surface area (Å²) in [4.78, 5) is 23.6. The highest BCUT2D eigenvalue weighted by molar-refractivity contribution is 7.09. The van der Waals surface area contributed by atoms with Gasteiger partial charge in [-0.1, -0.05) is 18.3 Å². The van der Waals surface area contributed by atoms with Crippen LogP contribution in [-0.2, 0) is 17.8 Å². The van der Waals surface area contributed by atoms with Crippen molar-refractivity contribution >= 4 is 17.3 Å². The molecule has 1 aromatic heterocycles. The predicted molar refractivity (Wildman–Crippen MR) is 77.2 cm³/mol. The maximum Gasteiger partial charge on any atom is 0.323 e. The number of nitrogens with zero attached hydrogens (tertiary/aromatic N) is 1. The summed E-state index contributed by atoms with van der Waals surface area (Å²) in [6, 6.07) is 5.36. The first-order valence-electron chi connectivity index (χ1n) is 6.44. The lowest BCUT2D eigenvalue weighted by Gasteiger charge is -2.08. The Kier molecular flexibility index (Phi) is 3.42. The number of benzene rings is 1. The lowest BCUT2D eigenvalue weighted by molar-refractivity contribution is -0.137. The Morgan fingerprint density at radius 3 is 2.86 bits per heavy atom. The quantitative estimate of drug-likeness (QED) is 0.934. The van der Waals surface area contributed by atoms with Crippen LogP contribution in [0.15, 0.2) is 23.0 Å². The minimum atomic E-state index is -1.04. The van der Waals surface area contributed by atoms with Crippen LogP contribution in [0.1, 0.15) is 11.8 Å². The van der Waals surface area contributed by atoms with E-state index in [-0.39, 0.29) is 18.2 Å². The number of carboxylic acids is 1. The van der Waals surface area contributed by atoms with Crippen LogP contribution in [0.25, 0.3) is 11.3 Å². The molecular weight excluding hydrogens is 294 g/mol. The van der Waals surface area contributed by atoms with Crippen molar-refractivity contribution in [2.75, 3.05) is 6.79 Å². The summed E-state index contributed by atoms with van der Waals surface area (Å²) in [5, 5.41) is 9.00. The highest BCUT2D eigenvalue weighted by Gasteiger charge is 2.20. The van der Waals surface area contributed by atoms with Crippen molar-refractivity contribution in [3.05, 3.63) is 32.7 Å². The SMILES string of the molecule is CCc1sc(=O)n(CC(=O)O)c1-c1ccc2c(c1)OCO2. The molecule has 1 aliphatic rings. The summed E-state index contributed by atoms with van der Waals surface area (Å²) < 4.78 is 11.9. The molecule has 0 radical (unpaired) electrons. The normalized spacial score (nSPS) is 12.6. The van der Waals surface area contributed by atoms with Crippen molar-refractivity contribution in [3.8, 4) is 22.8 Å². The van der Waals surface area contributed by atoms with Gasteiger partial charge < -0.3 is 14.6 Å². The summed E-state index contributed by atoms with van der Waals surface area (Å²) in [7, 11) is 0. The van der Waals surface area contributed by atoms with Gasteiger partial charge in [0.2, 0.25) is 6.79 Å². The predicted octanol–water partition coefficient (Wildman–Crippen LogP) is 1.95. The zero-order valence-electron chi connectivity index (χ0n) is 11.3. The molecule has 7 heteroatoms. The van der Waals surface area contributed by atoms with E-state index in [1.807, 2.05) is 13.0 Å². The summed E-state index contributed by atoms with van der Waals surface area (Å²) in [5.74, 6) is 0.216. The number of hydrogen-bond acceptors (Lipinski definition) is 5. The van der Waals surface area contributed by atoms with E-state index in [9.17, 15) is 9.59 Å². The molecule has 0 aliphatic carbocycles. The average Bonchev–Trinajstić information content (AvgIpc) is 3.02. The van der Waals surface area contributed by atoms with Crippen LogP contribution in [0, 0.1) is 0 Å². The zero-order valence-corrected chi connectivity index (χ0v) is 12.1. The van der Waals surface area contributed by atoms with Crippen molar-refractivity contribution in [1.29, 1.82) is 0 Å². The molecule has 110 valence electrons. The minimum absolute atomic E-state index is 0.172. The Bertz CT molecular complexity index is 761. The van der Waals surface area contributed by atoms with Gasteiger partial charge in [0.1, 0.15) is 6.54 Å². The molecule has 0 fully saturated rings. The molecule has 0 atom stereocenters. The number of thiazole rings is 1. The maximum absolute atomic E-state index is 12.0. The molecule has 6 nitrogen and oxygen atoms in total. The number of ether oxygens (including phenoxy) is 2. The van der Waals surface area contributed by atoms with E-state index in [0.717, 1.165) is 21.8 Å². The molecule has 0 amide bonds. The van der Waals surface area contributed by atoms with Crippen LogP contribution >= 0.6 is 11.3 Å². The van der Waals surface area contributed by atoms with Crippen LogP contribution in [0.5, 0.6) is 11.5 Å². The van der Waals surface area contributed by atoms with Gasteiger partial charge in [0.15, 0.2) is 11.5 Å². The van der Waals surface area contributed by atoms with E-state index in [1.54, 1.807) is 12.1 Å². The minimum Gasteiger partial charge on any atom is -0.480 e. The number of rotatable bonds is 4. The second-order valence-electron chi connectivity index (χ2n) is 4.54. The van der Waals surface area contributed by atoms with E-state index in [0.29, 0.717) is 23.6 Å². The van der Waals surface area contributed by atoms with Crippen molar-refractivity contribution in [2.24, 2.45) is 0 Å². The molecule has 1 N–H and O–H groups in total. The van der Waals surface area contributed by atoms with Gasteiger partial charge in [0, 0.05) is 10.4 Å². The lowest BCUT2D eigenvalue weighted by atomic mass is 10.1. The molecule has 21 heavy (non-hydrogen) atoms. The van der Waals surface area contributed by atoms with E-state index in [4.69, 9.17) is 14.6 Å². The lowest BCUT2D eigenvalue weighted by Crippen LogP contribution is -2.19. The van der Waals surface area contributed by atoms with Crippen molar-refractivity contribution in [2.45, 2.75) is 19.9 Å². The van der Waals surface area contributed by atoms with E-state index < -0.39 is 5.97 Å². The number of carboxylic acid groups (broad SMARTS) is 1. The van der Waals surface area contributed by atoms with Gasteiger partial charge in [-0.2, -0.15) is 0 Å². The Morgan fingerprint density at radius 1 is 1.38 bits per heavy atom. The standard InChI is InChI=1S/C14H13NO5S/c1-2-11-13(15(6-12(16)17)14(18)21-11)8-3-4-9-10(5-8)20-7-19-9/h3-5H,2,6-7H2,1H3,(H,16,17). The molecule has 3 rings (SSSR count). The molecule has 0 saturated heterocycles. The van der Waals surface area contributed by atoms with Gasteiger partial charge in [-0.3, -0.25) is 14.2 Å². The van der Waals surface area contributed by atoms with Gasteiger partial charge in [0.25, 0.3) is 0 Å². The summed E-state index contributed by atoms with van der Waals surface area (Å²) in [5.41, 5.74) is 1.41.